The molecular formula is C6H16Na4O9. The first-order chi connectivity index (χ1) is 5.78. The molecule has 0 aromatic carbocycles. The first-order valence-corrected chi connectivity index (χ1v) is 3.17. The average Bonchev–Trinajstić information content (AvgIpc) is 1.82. The van der Waals surface area contributed by atoms with Crippen LogP contribution in [0.5, 0.6) is 0 Å². The van der Waals surface area contributed by atoms with E-state index in [1.54, 1.807) is 0 Å². The molecule has 0 radical (unpaired) electrons. The van der Waals surface area contributed by atoms with Crippen LogP contribution in [0, 0.1) is 0 Å². The molecule has 0 aliphatic heterocycles. The van der Waals surface area contributed by atoms with Gasteiger partial charge in [0.25, 0.3) is 0 Å². The zero-order valence-corrected chi connectivity index (χ0v) is 19.4. The number of rotatable bonds is 5. The third-order valence-corrected chi connectivity index (χ3v) is 1.29. The summed E-state index contributed by atoms with van der Waals surface area (Å²) >= 11 is 0. The molecule has 0 fully saturated rings. The zero-order chi connectivity index (χ0) is 10.6. The number of aliphatic hydroxyl groups is 1. The molecular weight excluding hydrogens is 308 g/mol. The van der Waals surface area contributed by atoms with Crippen LogP contribution in [0.15, 0.2) is 0 Å². The maximum atomic E-state index is 10.3. The molecule has 98 valence electrons. The van der Waals surface area contributed by atoms with Crippen LogP contribution in [0.25, 0.3) is 0 Å². The molecule has 0 heterocycles. The van der Waals surface area contributed by atoms with E-state index < -0.39 is 36.4 Å². The molecule has 0 aromatic rings. The molecule has 0 bridgehead atoms. The Hall–Kier alpha value is 2.29. The Morgan fingerprint density at radius 3 is 1.11 bits per heavy atom. The van der Waals surface area contributed by atoms with Crippen molar-refractivity contribution in [3.63, 3.8) is 0 Å². The number of carboxylic acid groups (broad SMARTS) is 3. The second-order valence-corrected chi connectivity index (χ2v) is 2.48. The van der Waals surface area contributed by atoms with E-state index in [0.717, 1.165) is 0 Å². The smallest absolute Gasteiger partial charge is 1.00 e. The molecule has 0 amide bonds. The van der Waals surface area contributed by atoms with Crippen LogP contribution in [0.3, 0.4) is 0 Å². The molecule has 0 atom stereocenters. The quantitative estimate of drug-likeness (QED) is 0.360. The van der Waals surface area contributed by atoms with Crippen molar-refractivity contribution in [2.45, 2.75) is 18.4 Å². The first kappa shape index (κ1) is 42.9. The fourth-order valence-electron chi connectivity index (χ4n) is 0.714. The van der Waals surface area contributed by atoms with E-state index in [1.165, 1.54) is 0 Å². The van der Waals surface area contributed by atoms with Crippen LogP contribution in [-0.2, 0) is 14.4 Å². The van der Waals surface area contributed by atoms with Gasteiger partial charge in [-0.2, -0.15) is 0 Å². The van der Waals surface area contributed by atoms with Gasteiger partial charge in [-0.15, -0.1) is 0 Å². The summed E-state index contributed by atoms with van der Waals surface area (Å²) in [6.45, 7) is 0. The van der Waals surface area contributed by atoms with Crippen LogP contribution in [-0.4, -0.2) is 54.9 Å². The van der Waals surface area contributed by atoms with Gasteiger partial charge in [-0.05, 0) is 0 Å². The van der Waals surface area contributed by atoms with Crippen molar-refractivity contribution in [3.05, 3.63) is 0 Å². The summed E-state index contributed by atoms with van der Waals surface area (Å²) in [6, 6.07) is 0. The number of hydrogen-bond donors (Lipinski definition) is 4. The van der Waals surface area contributed by atoms with Gasteiger partial charge in [0.2, 0.25) is 0 Å². The summed E-state index contributed by atoms with van der Waals surface area (Å²) in [7, 11) is 0. The molecule has 0 aromatic heterocycles. The maximum absolute atomic E-state index is 10.3. The summed E-state index contributed by atoms with van der Waals surface area (Å²) in [5, 5.41) is 33.8. The van der Waals surface area contributed by atoms with Gasteiger partial charge in [-0.25, -0.2) is 4.79 Å². The van der Waals surface area contributed by atoms with Gasteiger partial charge in [0, 0.05) is 0 Å². The van der Waals surface area contributed by atoms with Crippen molar-refractivity contribution in [1.29, 1.82) is 0 Å². The van der Waals surface area contributed by atoms with E-state index in [0.29, 0.717) is 0 Å². The Morgan fingerprint density at radius 1 is 0.789 bits per heavy atom. The van der Waals surface area contributed by atoms with Gasteiger partial charge >= 0.3 is 136 Å². The largest absolute Gasteiger partial charge is 1.00 e. The molecule has 0 aliphatic carbocycles. The predicted molar refractivity (Wildman–Crippen MR) is 48.8 cm³/mol. The molecule has 0 aliphatic rings. The molecule has 0 saturated heterocycles. The van der Waals surface area contributed by atoms with Gasteiger partial charge in [0.05, 0.1) is 12.8 Å². The van der Waals surface area contributed by atoms with Gasteiger partial charge in [-0.1, -0.05) is 0 Å². The molecule has 13 heteroatoms. The second kappa shape index (κ2) is 20.3. The Bertz CT molecular complexity index is 258. The van der Waals surface area contributed by atoms with Crippen LogP contribution in [0.4, 0.5) is 0 Å². The minimum absolute atomic E-state index is 0. The third kappa shape index (κ3) is 20.3. The molecule has 19 heavy (non-hydrogen) atoms. The minimum atomic E-state index is -2.74. The van der Waals surface area contributed by atoms with Crippen LogP contribution in [0.1, 0.15) is 18.5 Å². The van der Waals surface area contributed by atoms with E-state index in [9.17, 15) is 14.4 Å². The van der Waals surface area contributed by atoms with Crippen molar-refractivity contribution in [2.24, 2.45) is 0 Å². The van der Waals surface area contributed by atoms with Crippen LogP contribution in [0.2, 0.25) is 0 Å². The second-order valence-electron chi connectivity index (χ2n) is 2.48. The zero-order valence-electron chi connectivity index (χ0n) is 15.4. The number of aliphatic carboxylic acids is 3. The van der Waals surface area contributed by atoms with Crippen molar-refractivity contribution in [1.82, 2.24) is 0 Å². The predicted octanol–water partition coefficient (Wildman–Crippen LogP) is -14.4. The van der Waals surface area contributed by atoms with Gasteiger partial charge < -0.3 is 37.1 Å². The van der Waals surface area contributed by atoms with Gasteiger partial charge in [0.15, 0.2) is 5.60 Å². The average molecular weight is 324 g/mol. The van der Waals surface area contributed by atoms with E-state index in [1.807, 2.05) is 0 Å². The number of carboxylic acids is 3. The molecule has 0 spiro atoms. The molecule has 0 rings (SSSR count). The summed E-state index contributed by atoms with van der Waals surface area (Å²) in [4.78, 5) is 30.5. The fourth-order valence-corrected chi connectivity index (χ4v) is 0.714. The molecule has 0 saturated carbocycles. The number of carbonyl (C=O) groups is 3. The minimum Gasteiger partial charge on any atom is -1.00 e. The Balaban J connectivity index is -0.0000000160. The third-order valence-electron chi connectivity index (χ3n) is 1.29. The van der Waals surface area contributed by atoms with E-state index in [2.05, 4.69) is 0 Å². The van der Waals surface area contributed by atoms with Crippen molar-refractivity contribution in [3.8, 4) is 0 Å². The maximum Gasteiger partial charge on any atom is 1.00 e. The van der Waals surface area contributed by atoms with Gasteiger partial charge in [-0.3, -0.25) is 9.59 Å². The molecule has 0 unspecified atom stereocenters. The monoisotopic (exact) mass is 324 g/mol. The van der Waals surface area contributed by atoms with E-state index in [-0.39, 0.29) is 135 Å². The summed E-state index contributed by atoms with van der Waals surface area (Å²) in [5.41, 5.74) is -2.74. The summed E-state index contributed by atoms with van der Waals surface area (Å²) in [6.07, 6.45) is -2.29. The van der Waals surface area contributed by atoms with E-state index in [4.69, 9.17) is 20.4 Å². The topological polar surface area (TPSA) is 195 Å². The standard InChI is InChI=1S/C6H8O7.4Na.2H2O.4H/c7-3(8)1-6(13,5(11)12)2-4(9)10;;;;;;;;;;/h13H,1-2H2,(H,7,8)(H,9,10)(H,11,12);;;;;2*1H2;;;;/q;4*+1;;;4*-1. The van der Waals surface area contributed by atoms with Crippen molar-refractivity contribution in [2.75, 3.05) is 0 Å². The Morgan fingerprint density at radius 2 is 1.00 bits per heavy atom. The molecule has 8 N–H and O–H groups in total. The summed E-state index contributed by atoms with van der Waals surface area (Å²) < 4.78 is 0. The van der Waals surface area contributed by atoms with Crippen LogP contribution < -0.4 is 118 Å². The van der Waals surface area contributed by atoms with Gasteiger partial charge in [0.1, 0.15) is 0 Å². The molecule has 9 nitrogen and oxygen atoms in total. The fraction of sp³-hybridized carbons (Fsp3) is 0.500. The Labute approximate surface area is 203 Å². The van der Waals surface area contributed by atoms with Crippen LogP contribution >= 0.6 is 0 Å². The SMILES string of the molecule is O.O.O=C(O)CC(O)(CC(=O)O)C(=O)O.[H-].[H-].[H-].[H-].[Na+].[Na+].[Na+].[Na+]. The Kier molecular flexibility index (Phi) is 45.8. The van der Waals surface area contributed by atoms with Crippen molar-refractivity contribution < 1.29 is 170 Å². The van der Waals surface area contributed by atoms with Crippen molar-refractivity contribution >= 4 is 17.9 Å². The first-order valence-electron chi connectivity index (χ1n) is 3.17. The number of hydrogen-bond acceptors (Lipinski definition) is 4. The normalized spacial score (nSPS) is 7.42. The van der Waals surface area contributed by atoms with E-state index >= 15 is 0 Å². The summed E-state index contributed by atoms with van der Waals surface area (Å²) in [5.74, 6) is -5.02.